The summed E-state index contributed by atoms with van der Waals surface area (Å²) in [6.45, 7) is 8.53. The molecule has 0 bridgehead atoms. The average molecular weight is 207 g/mol. The second-order valence-corrected chi connectivity index (χ2v) is 4.31. The Balaban J connectivity index is 2.92. The van der Waals surface area contributed by atoms with Crippen LogP contribution in [-0.4, -0.2) is 10.9 Å². The summed E-state index contributed by atoms with van der Waals surface area (Å²) in [6, 6.07) is 2.48. The van der Waals surface area contributed by atoms with Crippen LogP contribution in [0.15, 0.2) is 6.07 Å². The lowest BCUT2D eigenvalue weighted by Crippen LogP contribution is -2.08. The monoisotopic (exact) mass is 207 g/mol. The summed E-state index contributed by atoms with van der Waals surface area (Å²) in [7, 11) is 0. The van der Waals surface area contributed by atoms with Gasteiger partial charge in [-0.1, -0.05) is 19.8 Å². The quantitative estimate of drug-likeness (QED) is 0.675. The maximum Gasteiger partial charge on any atom is 0.151 e. The predicted molar refractivity (Wildman–Crippen MR) is 63.5 cm³/mol. The van der Waals surface area contributed by atoms with Crippen molar-refractivity contribution < 1.29 is 4.79 Å². The first kappa shape index (κ1) is 12.0. The van der Waals surface area contributed by atoms with Crippen molar-refractivity contribution in [3.63, 3.8) is 0 Å². The number of hydrogen-bond donors (Lipinski definition) is 0. The lowest BCUT2D eigenvalue weighted by molar-refractivity contribution is 0.112. The van der Waals surface area contributed by atoms with Crippen molar-refractivity contribution in [3.8, 4) is 0 Å². The number of hydrogen-bond acceptors (Lipinski definition) is 1. The van der Waals surface area contributed by atoms with Crippen LogP contribution in [0.5, 0.6) is 0 Å². The molecule has 0 aliphatic heterocycles. The third kappa shape index (κ3) is 2.49. The Morgan fingerprint density at radius 3 is 2.60 bits per heavy atom. The zero-order valence-corrected chi connectivity index (χ0v) is 10.2. The summed E-state index contributed by atoms with van der Waals surface area (Å²) in [5.41, 5.74) is 3.13. The van der Waals surface area contributed by atoms with E-state index in [0.717, 1.165) is 17.5 Å². The van der Waals surface area contributed by atoms with Gasteiger partial charge in [0, 0.05) is 23.0 Å². The van der Waals surface area contributed by atoms with E-state index >= 15 is 0 Å². The summed E-state index contributed by atoms with van der Waals surface area (Å²) in [5, 5.41) is 0. The minimum Gasteiger partial charge on any atom is -0.346 e. The highest BCUT2D eigenvalue weighted by Crippen LogP contribution is 2.22. The van der Waals surface area contributed by atoms with Gasteiger partial charge in [0.2, 0.25) is 0 Å². The molecule has 2 nitrogen and oxygen atoms in total. The van der Waals surface area contributed by atoms with Gasteiger partial charge in [-0.05, 0) is 33.3 Å². The van der Waals surface area contributed by atoms with Crippen LogP contribution >= 0.6 is 0 Å². The maximum atomic E-state index is 10.8. The lowest BCUT2D eigenvalue weighted by Gasteiger charge is -2.18. The summed E-state index contributed by atoms with van der Waals surface area (Å²) >= 11 is 0. The smallest absolute Gasteiger partial charge is 0.151 e. The highest BCUT2D eigenvalue weighted by molar-refractivity contribution is 5.77. The standard InChI is InChI=1S/C13H21NO/c1-5-6-7-10(2)14-11(3)8-13(9-15)12(14)4/h8-10H,5-7H2,1-4H3. The topological polar surface area (TPSA) is 22.0 Å². The zero-order valence-electron chi connectivity index (χ0n) is 10.2. The average Bonchev–Trinajstić information content (AvgIpc) is 2.50. The van der Waals surface area contributed by atoms with Crippen LogP contribution in [0.4, 0.5) is 0 Å². The molecule has 0 aromatic carbocycles. The molecule has 1 unspecified atom stereocenters. The van der Waals surface area contributed by atoms with E-state index < -0.39 is 0 Å². The number of carbonyl (C=O) groups excluding carboxylic acids is 1. The highest BCUT2D eigenvalue weighted by atomic mass is 16.1. The zero-order chi connectivity index (χ0) is 11.4. The molecule has 0 saturated heterocycles. The van der Waals surface area contributed by atoms with E-state index in [-0.39, 0.29) is 0 Å². The SMILES string of the molecule is CCCCC(C)n1c(C)cc(C=O)c1C. The molecular formula is C13H21NO. The number of aromatic nitrogens is 1. The fraction of sp³-hybridized carbons (Fsp3) is 0.615. The molecule has 1 rings (SSSR count). The fourth-order valence-electron chi connectivity index (χ4n) is 2.23. The second kappa shape index (κ2) is 5.15. The Kier molecular flexibility index (Phi) is 4.13. The van der Waals surface area contributed by atoms with Crippen LogP contribution in [0.1, 0.15) is 60.9 Å². The van der Waals surface area contributed by atoms with Gasteiger partial charge in [0.05, 0.1) is 0 Å². The van der Waals surface area contributed by atoms with Crippen LogP contribution in [0.3, 0.4) is 0 Å². The van der Waals surface area contributed by atoms with Gasteiger partial charge >= 0.3 is 0 Å². The largest absolute Gasteiger partial charge is 0.346 e. The van der Waals surface area contributed by atoms with Crippen molar-refractivity contribution in [3.05, 3.63) is 23.0 Å². The summed E-state index contributed by atoms with van der Waals surface area (Å²) in [6.07, 6.45) is 4.61. The van der Waals surface area contributed by atoms with E-state index in [1.165, 1.54) is 25.0 Å². The normalized spacial score (nSPS) is 12.8. The van der Waals surface area contributed by atoms with Gasteiger partial charge in [-0.25, -0.2) is 0 Å². The van der Waals surface area contributed by atoms with E-state index in [0.29, 0.717) is 6.04 Å². The van der Waals surface area contributed by atoms with Gasteiger partial charge in [-0.15, -0.1) is 0 Å². The minimum atomic E-state index is 0.499. The van der Waals surface area contributed by atoms with Crippen molar-refractivity contribution in [2.45, 2.75) is 53.0 Å². The Bertz CT molecular complexity index is 339. The highest BCUT2D eigenvalue weighted by Gasteiger charge is 2.12. The van der Waals surface area contributed by atoms with Gasteiger partial charge in [0.15, 0.2) is 6.29 Å². The van der Waals surface area contributed by atoms with Gasteiger partial charge in [-0.3, -0.25) is 4.79 Å². The number of nitrogens with zero attached hydrogens (tertiary/aromatic N) is 1. The number of carbonyl (C=O) groups is 1. The van der Waals surface area contributed by atoms with E-state index in [1.807, 2.05) is 13.0 Å². The molecule has 1 aromatic heterocycles. The Hall–Kier alpha value is -1.05. The summed E-state index contributed by atoms with van der Waals surface area (Å²) in [4.78, 5) is 10.8. The molecule has 0 spiro atoms. The molecule has 0 radical (unpaired) electrons. The molecule has 0 saturated carbocycles. The first-order chi connectivity index (χ1) is 7.11. The van der Waals surface area contributed by atoms with E-state index in [2.05, 4.69) is 25.3 Å². The number of aryl methyl sites for hydroxylation is 1. The van der Waals surface area contributed by atoms with Gasteiger partial charge < -0.3 is 4.57 Å². The van der Waals surface area contributed by atoms with Crippen molar-refractivity contribution in [1.82, 2.24) is 4.57 Å². The van der Waals surface area contributed by atoms with E-state index in [9.17, 15) is 4.79 Å². The van der Waals surface area contributed by atoms with Crippen LogP contribution < -0.4 is 0 Å². The predicted octanol–water partition coefficient (Wildman–Crippen LogP) is 3.67. The van der Waals surface area contributed by atoms with Crippen molar-refractivity contribution in [2.24, 2.45) is 0 Å². The first-order valence-corrected chi connectivity index (χ1v) is 5.75. The summed E-state index contributed by atoms with van der Waals surface area (Å²) < 4.78 is 2.28. The molecular weight excluding hydrogens is 186 g/mol. The Morgan fingerprint density at radius 2 is 2.13 bits per heavy atom. The lowest BCUT2D eigenvalue weighted by atomic mass is 10.1. The van der Waals surface area contributed by atoms with Crippen molar-refractivity contribution >= 4 is 6.29 Å². The number of rotatable bonds is 5. The molecule has 15 heavy (non-hydrogen) atoms. The minimum absolute atomic E-state index is 0.499. The molecule has 0 aliphatic carbocycles. The number of aldehydes is 1. The van der Waals surface area contributed by atoms with Gasteiger partial charge in [-0.2, -0.15) is 0 Å². The van der Waals surface area contributed by atoms with Gasteiger partial charge in [0.25, 0.3) is 0 Å². The molecule has 0 aliphatic rings. The Labute approximate surface area is 92.3 Å². The van der Waals surface area contributed by atoms with Gasteiger partial charge in [0.1, 0.15) is 0 Å². The van der Waals surface area contributed by atoms with Crippen molar-refractivity contribution in [1.29, 1.82) is 0 Å². The molecule has 84 valence electrons. The molecule has 1 heterocycles. The third-order valence-corrected chi connectivity index (χ3v) is 3.07. The summed E-state index contributed by atoms with van der Waals surface area (Å²) in [5.74, 6) is 0. The van der Waals surface area contributed by atoms with Crippen LogP contribution in [0, 0.1) is 13.8 Å². The Morgan fingerprint density at radius 1 is 1.47 bits per heavy atom. The first-order valence-electron chi connectivity index (χ1n) is 5.75. The molecule has 1 atom stereocenters. The second-order valence-electron chi connectivity index (χ2n) is 4.31. The van der Waals surface area contributed by atoms with Crippen LogP contribution in [0.2, 0.25) is 0 Å². The van der Waals surface area contributed by atoms with E-state index in [1.54, 1.807) is 0 Å². The third-order valence-electron chi connectivity index (χ3n) is 3.07. The maximum absolute atomic E-state index is 10.8. The molecule has 0 N–H and O–H groups in total. The fourth-order valence-corrected chi connectivity index (χ4v) is 2.23. The number of unbranched alkanes of at least 4 members (excludes halogenated alkanes) is 1. The van der Waals surface area contributed by atoms with Crippen LogP contribution in [0.25, 0.3) is 0 Å². The molecule has 1 aromatic rings. The van der Waals surface area contributed by atoms with Crippen molar-refractivity contribution in [2.75, 3.05) is 0 Å². The van der Waals surface area contributed by atoms with E-state index in [4.69, 9.17) is 0 Å². The molecule has 0 fully saturated rings. The van der Waals surface area contributed by atoms with Crippen LogP contribution in [-0.2, 0) is 0 Å². The molecule has 2 heteroatoms. The molecule has 0 amide bonds.